The molecule has 408 valence electrons. The van der Waals surface area contributed by atoms with Gasteiger partial charge in [-0.05, 0) is 74.1 Å². The third-order valence-corrected chi connectivity index (χ3v) is 14.5. The number of nitrogens with two attached hydrogens (primary N) is 1. The largest absolute Gasteiger partial charge is 0.368 e. The van der Waals surface area contributed by atoms with E-state index in [1.807, 2.05) is 79.0 Å². The van der Waals surface area contributed by atoms with Crippen LogP contribution in [-0.2, 0) is 64.0 Å². The van der Waals surface area contributed by atoms with Crippen LogP contribution in [0.25, 0.3) is 10.9 Å². The maximum absolute atomic E-state index is 14.3. The summed E-state index contributed by atoms with van der Waals surface area (Å²) in [6.45, 7) is 9.25. The van der Waals surface area contributed by atoms with Crippen LogP contribution in [0.15, 0.2) is 90.8 Å². The number of nitrogens with one attached hydrogen (secondary N) is 9. The van der Waals surface area contributed by atoms with Crippen molar-refractivity contribution in [2.45, 2.75) is 147 Å². The van der Waals surface area contributed by atoms with Gasteiger partial charge in [-0.25, -0.2) is 4.98 Å². The van der Waals surface area contributed by atoms with E-state index in [0.29, 0.717) is 43.6 Å². The molecule has 8 amide bonds. The number of hydrogen-bond acceptors (Lipinski definition) is 11. The van der Waals surface area contributed by atoms with Gasteiger partial charge in [0, 0.05) is 78.7 Å². The maximum Gasteiger partial charge on any atom is 0.245 e. The highest BCUT2D eigenvalue weighted by atomic mass is 32.1. The fourth-order valence-electron chi connectivity index (χ4n) is 9.25. The highest BCUT2D eigenvalue weighted by Gasteiger charge is 2.37. The predicted molar refractivity (Wildman–Crippen MR) is 290 cm³/mol. The highest BCUT2D eigenvalue weighted by molar-refractivity contribution is 7.09. The SMILES string of the molecule is CCCCC(NC[C@H]1CCCN1C(=O)[C@H](Cc1cccs1)NC(=O)[C@@H](C)NC(=O)[C@@H](NC(=O)[C@H](C)NC(=O)[C@H](Cc1c[nH]c2ccccc12)NC(=O)[C@H](Cc1cnc[nH]1)NC(=O)CCc1ccccc1)C(C)C)C(N)=O. The number of H-pyrrole nitrogens is 2. The molecule has 11 N–H and O–H groups in total. The molecule has 5 aromatic rings. The van der Waals surface area contributed by atoms with Crippen molar-refractivity contribution in [3.63, 3.8) is 0 Å². The van der Waals surface area contributed by atoms with Crippen LogP contribution in [0.1, 0.15) is 94.8 Å². The number of amides is 8. The number of rotatable bonds is 29. The summed E-state index contributed by atoms with van der Waals surface area (Å²) in [5.74, 6) is -4.88. The molecule has 20 nitrogen and oxygen atoms in total. The van der Waals surface area contributed by atoms with Crippen molar-refractivity contribution < 1.29 is 38.4 Å². The number of benzene rings is 2. The molecule has 0 saturated carbocycles. The van der Waals surface area contributed by atoms with Crippen molar-refractivity contribution >= 4 is 69.5 Å². The van der Waals surface area contributed by atoms with E-state index >= 15 is 0 Å². The molecule has 1 unspecified atom stereocenters. The summed E-state index contributed by atoms with van der Waals surface area (Å²) in [5, 5.41) is 22.7. The lowest BCUT2D eigenvalue weighted by Crippen LogP contribution is -2.60. The third kappa shape index (κ3) is 16.8. The fraction of sp³-hybridized carbons (Fsp3) is 0.473. The second-order valence-corrected chi connectivity index (χ2v) is 20.9. The number of nitrogens with zero attached hydrogens (tertiary/aromatic N) is 2. The zero-order chi connectivity index (χ0) is 54.7. The second-order valence-electron chi connectivity index (χ2n) is 19.9. The number of fused-ring (bicyclic) bond motifs is 1. The van der Waals surface area contributed by atoms with Crippen LogP contribution in [-0.4, -0.2) is 129 Å². The molecule has 2 aromatic carbocycles. The lowest BCUT2D eigenvalue weighted by Gasteiger charge is -2.31. The van der Waals surface area contributed by atoms with Gasteiger partial charge in [0.25, 0.3) is 0 Å². The first kappa shape index (κ1) is 57.9. The molecule has 1 aliphatic rings. The van der Waals surface area contributed by atoms with Gasteiger partial charge in [-0.1, -0.05) is 88.2 Å². The molecule has 76 heavy (non-hydrogen) atoms. The quantitative estimate of drug-likeness (QED) is 0.0334. The van der Waals surface area contributed by atoms with Crippen molar-refractivity contribution in [1.29, 1.82) is 0 Å². The number of carbonyl (C=O) groups is 8. The van der Waals surface area contributed by atoms with Gasteiger partial charge in [0.05, 0.1) is 12.4 Å². The Morgan fingerprint density at radius 1 is 0.737 bits per heavy atom. The first-order valence-electron chi connectivity index (χ1n) is 26.2. The summed E-state index contributed by atoms with van der Waals surface area (Å²) in [6.07, 6.45) is 9.38. The molecule has 0 spiro atoms. The van der Waals surface area contributed by atoms with Crippen molar-refractivity contribution in [2.24, 2.45) is 11.7 Å². The number of unbranched alkanes of at least 4 members (excludes halogenated alkanes) is 1. The van der Waals surface area contributed by atoms with Gasteiger partial charge in [-0.3, -0.25) is 38.4 Å². The molecular weight excluding hydrogens is 989 g/mol. The average Bonchev–Trinajstić information content (AvgIpc) is 4.27. The van der Waals surface area contributed by atoms with Gasteiger partial charge in [-0.2, -0.15) is 0 Å². The summed E-state index contributed by atoms with van der Waals surface area (Å²) >= 11 is 1.45. The summed E-state index contributed by atoms with van der Waals surface area (Å²) in [7, 11) is 0. The molecule has 0 bridgehead atoms. The van der Waals surface area contributed by atoms with E-state index in [1.54, 1.807) is 31.1 Å². The van der Waals surface area contributed by atoms with Crippen LogP contribution < -0.4 is 43.0 Å². The zero-order valence-electron chi connectivity index (χ0n) is 44.0. The molecule has 1 aliphatic heterocycles. The Bertz CT molecular complexity index is 2710. The van der Waals surface area contributed by atoms with Crippen LogP contribution in [0, 0.1) is 5.92 Å². The zero-order valence-corrected chi connectivity index (χ0v) is 44.8. The smallest absolute Gasteiger partial charge is 0.245 e. The minimum atomic E-state index is -1.23. The van der Waals surface area contributed by atoms with Gasteiger partial charge in [0.1, 0.15) is 36.3 Å². The first-order valence-corrected chi connectivity index (χ1v) is 27.1. The van der Waals surface area contributed by atoms with Gasteiger partial charge < -0.3 is 57.8 Å². The Hall–Kier alpha value is -7.39. The van der Waals surface area contributed by atoms with E-state index in [0.717, 1.165) is 40.6 Å². The van der Waals surface area contributed by atoms with Crippen LogP contribution in [0.3, 0.4) is 0 Å². The Balaban J connectivity index is 1.10. The molecule has 6 rings (SSSR count). The molecule has 8 atom stereocenters. The summed E-state index contributed by atoms with van der Waals surface area (Å²) in [4.78, 5) is 123. The number of aromatic amines is 2. The number of hydrogen-bond donors (Lipinski definition) is 10. The van der Waals surface area contributed by atoms with Gasteiger partial charge in [0.15, 0.2) is 0 Å². The Morgan fingerprint density at radius 3 is 2.11 bits per heavy atom. The summed E-state index contributed by atoms with van der Waals surface area (Å²) < 4.78 is 0. The molecule has 1 fully saturated rings. The minimum absolute atomic E-state index is 0.0116. The lowest BCUT2D eigenvalue weighted by atomic mass is 10.0. The van der Waals surface area contributed by atoms with Crippen molar-refractivity contribution in [3.8, 4) is 0 Å². The standard InChI is InChI=1S/C55H74N12O8S/c1-6-7-20-43(49(56)69)59-31-39-17-13-24-67(39)55(75)46(28-40-18-14-25-76-40)65-50(70)34(4)62-54(74)48(33(2)3)66-51(71)35(5)61-52(72)44(26-37-29-58-42-21-12-11-19-41(37)42)64-53(73)45(27-38-30-57-32-60-38)63-47(68)23-22-36-15-9-8-10-16-36/h8-12,14-16,18-19,21,25,29-30,32-35,39,43-46,48,58-59H,6-7,13,17,20,22-24,26-28,31H2,1-5H3,(H2,56,69)(H,57,60)(H,61,72)(H,62,74)(H,63,68)(H,64,73)(H,65,70)(H,66,71)/t34-,35+,39-,43?,44+,45+,46+,48+/m1/s1. The topological polar surface area (TPSA) is 294 Å². The number of para-hydroxylation sites is 1. The molecular formula is C55H74N12O8S. The number of aryl methyl sites for hydroxylation is 1. The van der Waals surface area contributed by atoms with E-state index in [1.165, 1.54) is 31.5 Å². The van der Waals surface area contributed by atoms with Gasteiger partial charge in [-0.15, -0.1) is 11.3 Å². The fourth-order valence-corrected chi connectivity index (χ4v) is 10.0. The number of carbonyl (C=O) groups excluding carboxylic acids is 8. The lowest BCUT2D eigenvalue weighted by molar-refractivity contribution is -0.138. The first-order chi connectivity index (χ1) is 36.5. The van der Waals surface area contributed by atoms with E-state index in [4.69, 9.17) is 5.73 Å². The normalized spacial score (nSPS) is 16.1. The molecule has 3 aromatic heterocycles. The van der Waals surface area contributed by atoms with Gasteiger partial charge >= 0.3 is 0 Å². The molecule has 1 saturated heterocycles. The Morgan fingerprint density at radius 2 is 1.42 bits per heavy atom. The van der Waals surface area contributed by atoms with Crippen molar-refractivity contribution in [1.82, 2.24) is 57.1 Å². The number of likely N-dealkylation sites (tertiary alicyclic amines) is 1. The van der Waals surface area contributed by atoms with E-state index in [2.05, 4.69) is 52.2 Å². The highest BCUT2D eigenvalue weighted by Crippen LogP contribution is 2.22. The molecule has 0 radical (unpaired) electrons. The van der Waals surface area contributed by atoms with Crippen LogP contribution in [0.2, 0.25) is 0 Å². The van der Waals surface area contributed by atoms with Crippen LogP contribution in [0.4, 0.5) is 0 Å². The third-order valence-electron chi connectivity index (χ3n) is 13.6. The summed E-state index contributed by atoms with van der Waals surface area (Å²) in [5.41, 5.74) is 8.74. The van der Waals surface area contributed by atoms with Crippen LogP contribution >= 0.6 is 11.3 Å². The molecule has 4 heterocycles. The average molecular weight is 1060 g/mol. The molecule has 0 aliphatic carbocycles. The van der Waals surface area contributed by atoms with Gasteiger partial charge in [0.2, 0.25) is 47.3 Å². The monoisotopic (exact) mass is 1060 g/mol. The number of thiophene rings is 1. The van der Waals surface area contributed by atoms with Crippen molar-refractivity contribution in [3.05, 3.63) is 113 Å². The van der Waals surface area contributed by atoms with E-state index in [-0.39, 0.29) is 43.5 Å². The number of primary amides is 1. The number of imidazole rings is 1. The molecule has 21 heteroatoms. The number of aromatic nitrogens is 3. The predicted octanol–water partition coefficient (Wildman–Crippen LogP) is 2.84. The Kier molecular flexibility index (Phi) is 21.7. The van der Waals surface area contributed by atoms with E-state index < -0.39 is 83.7 Å². The van der Waals surface area contributed by atoms with Crippen molar-refractivity contribution in [2.75, 3.05) is 13.1 Å². The minimum Gasteiger partial charge on any atom is -0.368 e. The van der Waals surface area contributed by atoms with E-state index in [9.17, 15) is 38.4 Å². The maximum atomic E-state index is 14.3. The Labute approximate surface area is 447 Å². The van der Waals surface area contributed by atoms with Crippen LogP contribution in [0.5, 0.6) is 0 Å². The summed E-state index contributed by atoms with van der Waals surface area (Å²) in [6, 6.07) is 13.2. The second kappa shape index (κ2) is 28.5.